The maximum absolute atomic E-state index is 13.2. The molecule has 8 nitrogen and oxygen atoms in total. The zero-order chi connectivity index (χ0) is 23.6. The molecule has 1 atom stereocenters. The number of carbonyl (C=O) groups is 1. The van der Waals surface area contributed by atoms with E-state index in [0.717, 1.165) is 5.56 Å². The summed E-state index contributed by atoms with van der Waals surface area (Å²) >= 11 is 0. The quantitative estimate of drug-likeness (QED) is 0.637. The lowest BCUT2D eigenvalue weighted by Crippen LogP contribution is -2.54. The Morgan fingerprint density at radius 2 is 1.33 bits per heavy atom. The van der Waals surface area contributed by atoms with E-state index >= 15 is 0 Å². The third-order valence-electron chi connectivity index (χ3n) is 6.32. The van der Waals surface area contributed by atoms with E-state index in [4.69, 9.17) is 0 Å². The van der Waals surface area contributed by atoms with Crippen molar-refractivity contribution in [1.82, 2.24) is 13.5 Å². The maximum Gasteiger partial charge on any atom is 0.243 e. The highest BCUT2D eigenvalue weighted by Gasteiger charge is 2.37. The molecule has 0 N–H and O–H groups in total. The van der Waals surface area contributed by atoms with Crippen molar-refractivity contribution >= 4 is 26.0 Å². The number of piperidine rings is 1. The zero-order valence-corrected chi connectivity index (χ0v) is 20.3. The first kappa shape index (κ1) is 23.9. The minimum atomic E-state index is -3.65. The molecule has 0 aromatic heterocycles. The first-order valence-electron chi connectivity index (χ1n) is 11.1. The van der Waals surface area contributed by atoms with Gasteiger partial charge in [-0.05, 0) is 44.0 Å². The smallest absolute Gasteiger partial charge is 0.243 e. The van der Waals surface area contributed by atoms with Crippen molar-refractivity contribution in [1.29, 1.82) is 0 Å². The van der Waals surface area contributed by atoms with Crippen LogP contribution in [-0.4, -0.2) is 75.5 Å². The number of benzene rings is 2. The molecular weight excluding hydrogens is 462 g/mol. The molecule has 2 fully saturated rings. The van der Waals surface area contributed by atoms with E-state index in [9.17, 15) is 21.6 Å². The van der Waals surface area contributed by atoms with Gasteiger partial charge in [0.1, 0.15) is 0 Å². The van der Waals surface area contributed by atoms with E-state index in [1.807, 2.05) is 6.92 Å². The molecule has 2 heterocycles. The molecule has 0 unspecified atom stereocenters. The van der Waals surface area contributed by atoms with Crippen LogP contribution in [0.25, 0.3) is 0 Å². The van der Waals surface area contributed by atoms with Crippen molar-refractivity contribution in [2.24, 2.45) is 5.92 Å². The van der Waals surface area contributed by atoms with Gasteiger partial charge in [-0.1, -0.05) is 35.9 Å². The van der Waals surface area contributed by atoms with Crippen LogP contribution >= 0.6 is 0 Å². The summed E-state index contributed by atoms with van der Waals surface area (Å²) in [4.78, 5) is 15.3. The standard InChI is InChI=1S/C23H29N3O5S2/c1-19-9-11-22(12-10-19)32(28,29)25-16-14-24(15-17-25)23(27)20-6-5-13-26(18-20)33(30,31)21-7-3-2-4-8-21/h2-4,7-12,20H,5-6,13-18H2,1H3/t20-/m1/s1. The van der Waals surface area contributed by atoms with E-state index in [-0.39, 0.29) is 35.3 Å². The highest BCUT2D eigenvalue weighted by Crippen LogP contribution is 2.26. The first-order valence-corrected chi connectivity index (χ1v) is 14.0. The summed E-state index contributed by atoms with van der Waals surface area (Å²) in [5, 5.41) is 0. The molecule has 2 aromatic rings. The van der Waals surface area contributed by atoms with Crippen molar-refractivity contribution in [2.45, 2.75) is 29.6 Å². The number of piperazine rings is 1. The third kappa shape index (κ3) is 4.98. The lowest BCUT2D eigenvalue weighted by molar-refractivity contribution is -0.137. The van der Waals surface area contributed by atoms with Gasteiger partial charge in [-0.3, -0.25) is 4.79 Å². The fourth-order valence-electron chi connectivity index (χ4n) is 4.37. The van der Waals surface area contributed by atoms with Gasteiger partial charge in [0.2, 0.25) is 26.0 Å². The molecular formula is C23H29N3O5S2. The van der Waals surface area contributed by atoms with Crippen LogP contribution in [0.3, 0.4) is 0 Å². The molecule has 178 valence electrons. The number of aryl methyl sites for hydroxylation is 1. The molecule has 0 aliphatic carbocycles. The maximum atomic E-state index is 13.2. The molecule has 2 aliphatic rings. The summed E-state index contributed by atoms with van der Waals surface area (Å²) in [5.74, 6) is -0.521. The monoisotopic (exact) mass is 491 g/mol. The Labute approximate surface area is 195 Å². The van der Waals surface area contributed by atoms with Crippen molar-refractivity contribution < 1.29 is 21.6 Å². The van der Waals surface area contributed by atoms with Crippen LogP contribution in [0.2, 0.25) is 0 Å². The van der Waals surface area contributed by atoms with Crippen LogP contribution < -0.4 is 0 Å². The summed E-state index contributed by atoms with van der Waals surface area (Å²) in [5.41, 5.74) is 0.986. The van der Waals surface area contributed by atoms with Crippen LogP contribution in [0.4, 0.5) is 0 Å². The normalized spacial score (nSPS) is 21.1. The average Bonchev–Trinajstić information content (AvgIpc) is 2.84. The molecule has 33 heavy (non-hydrogen) atoms. The van der Waals surface area contributed by atoms with Gasteiger partial charge < -0.3 is 4.90 Å². The molecule has 0 spiro atoms. The summed E-state index contributed by atoms with van der Waals surface area (Å²) in [6.45, 7) is 3.49. The Bertz CT molecular complexity index is 1190. The molecule has 0 radical (unpaired) electrons. The lowest BCUT2D eigenvalue weighted by atomic mass is 9.98. The summed E-state index contributed by atoms with van der Waals surface area (Å²) in [7, 11) is -7.25. The molecule has 0 bridgehead atoms. The fraction of sp³-hybridized carbons (Fsp3) is 0.435. The molecule has 1 amide bonds. The number of sulfonamides is 2. The minimum Gasteiger partial charge on any atom is -0.340 e. The Morgan fingerprint density at radius 3 is 1.97 bits per heavy atom. The van der Waals surface area contributed by atoms with Gasteiger partial charge in [-0.25, -0.2) is 16.8 Å². The van der Waals surface area contributed by atoms with Crippen molar-refractivity contribution in [3.8, 4) is 0 Å². The average molecular weight is 492 g/mol. The van der Waals surface area contributed by atoms with E-state index in [1.54, 1.807) is 59.5 Å². The van der Waals surface area contributed by atoms with Crippen molar-refractivity contribution in [3.63, 3.8) is 0 Å². The number of rotatable bonds is 5. The largest absolute Gasteiger partial charge is 0.340 e. The number of amides is 1. The lowest BCUT2D eigenvalue weighted by Gasteiger charge is -2.38. The zero-order valence-electron chi connectivity index (χ0n) is 18.6. The molecule has 0 saturated carbocycles. The second kappa shape index (κ2) is 9.54. The molecule has 4 rings (SSSR count). The van der Waals surface area contributed by atoms with E-state index < -0.39 is 26.0 Å². The van der Waals surface area contributed by atoms with Crippen LogP contribution in [0.1, 0.15) is 18.4 Å². The topological polar surface area (TPSA) is 95.1 Å². The fourth-order valence-corrected chi connectivity index (χ4v) is 7.34. The summed E-state index contributed by atoms with van der Waals surface area (Å²) in [6, 6.07) is 15.0. The number of hydrogen-bond acceptors (Lipinski definition) is 5. The van der Waals surface area contributed by atoms with Gasteiger partial charge in [0.15, 0.2) is 0 Å². The van der Waals surface area contributed by atoms with Gasteiger partial charge >= 0.3 is 0 Å². The van der Waals surface area contributed by atoms with Crippen LogP contribution in [0.5, 0.6) is 0 Å². The first-order chi connectivity index (χ1) is 15.7. The second-order valence-electron chi connectivity index (χ2n) is 8.56. The second-order valence-corrected chi connectivity index (χ2v) is 12.4. The minimum absolute atomic E-state index is 0.102. The predicted octanol–water partition coefficient (Wildman–Crippen LogP) is 1.93. The van der Waals surface area contributed by atoms with Gasteiger partial charge in [0.25, 0.3) is 0 Å². The molecule has 10 heteroatoms. The van der Waals surface area contributed by atoms with Crippen LogP contribution in [-0.2, 0) is 24.8 Å². The Morgan fingerprint density at radius 1 is 0.758 bits per heavy atom. The number of nitrogens with zero attached hydrogens (tertiary/aromatic N) is 3. The Hall–Kier alpha value is -2.27. The van der Waals surface area contributed by atoms with E-state index in [0.29, 0.717) is 32.5 Å². The predicted molar refractivity (Wildman–Crippen MR) is 124 cm³/mol. The number of carbonyl (C=O) groups excluding carboxylic acids is 1. The van der Waals surface area contributed by atoms with Gasteiger partial charge in [0.05, 0.1) is 15.7 Å². The summed E-state index contributed by atoms with van der Waals surface area (Å²) < 4.78 is 54.6. The van der Waals surface area contributed by atoms with Crippen molar-refractivity contribution in [2.75, 3.05) is 39.3 Å². The van der Waals surface area contributed by atoms with Gasteiger partial charge in [-0.15, -0.1) is 0 Å². The highest BCUT2D eigenvalue weighted by molar-refractivity contribution is 7.89. The van der Waals surface area contributed by atoms with Gasteiger partial charge in [-0.2, -0.15) is 8.61 Å². The molecule has 2 aromatic carbocycles. The molecule has 2 aliphatic heterocycles. The van der Waals surface area contributed by atoms with Gasteiger partial charge in [0, 0.05) is 39.3 Å². The highest BCUT2D eigenvalue weighted by atomic mass is 32.2. The molecule has 2 saturated heterocycles. The van der Waals surface area contributed by atoms with Crippen LogP contribution in [0, 0.1) is 12.8 Å². The van der Waals surface area contributed by atoms with Crippen LogP contribution in [0.15, 0.2) is 64.4 Å². The SMILES string of the molecule is Cc1ccc(S(=O)(=O)N2CCN(C(=O)[C@@H]3CCCN(S(=O)(=O)c4ccccc4)C3)CC2)cc1. The summed E-state index contributed by atoms with van der Waals surface area (Å²) in [6.07, 6.45) is 1.24. The van der Waals surface area contributed by atoms with Crippen molar-refractivity contribution in [3.05, 3.63) is 60.2 Å². The Kier molecular flexibility index (Phi) is 6.90. The third-order valence-corrected chi connectivity index (χ3v) is 10.1. The Balaban J connectivity index is 1.39. The van der Waals surface area contributed by atoms with E-state index in [1.165, 1.54) is 8.61 Å². The van der Waals surface area contributed by atoms with E-state index in [2.05, 4.69) is 0 Å². The number of hydrogen-bond donors (Lipinski definition) is 0.